The minimum Gasteiger partial charge on any atom is -0.380 e. The van der Waals surface area contributed by atoms with E-state index in [9.17, 15) is 14.4 Å². The Bertz CT molecular complexity index is 1360. The zero-order chi connectivity index (χ0) is 22.8. The van der Waals surface area contributed by atoms with Crippen molar-refractivity contribution < 1.29 is 9.13 Å². The number of halogens is 1. The van der Waals surface area contributed by atoms with E-state index < -0.39 is 0 Å². The monoisotopic (exact) mass is 442 g/mol. The highest BCUT2D eigenvalue weighted by atomic mass is 19.1. The Balaban J connectivity index is 1.52. The quantitative estimate of drug-likeness (QED) is 0.571. The summed E-state index contributed by atoms with van der Waals surface area (Å²) in [5, 5.41) is 9.94. The molecule has 2 unspecified atom stereocenters. The van der Waals surface area contributed by atoms with Gasteiger partial charge in [0.2, 0.25) is 0 Å². The molecular weight excluding hydrogens is 419 g/mol. The number of ether oxygens (including phenoxy) is 1. The Hall–Kier alpha value is -3.52. The summed E-state index contributed by atoms with van der Waals surface area (Å²) >= 11 is 0. The van der Waals surface area contributed by atoms with E-state index in [-0.39, 0.29) is 23.8 Å². The minimum atomic E-state index is -0.331. The third-order valence-corrected chi connectivity index (χ3v) is 6.33. The average Bonchev–Trinajstić information content (AvgIpc) is 3.28. The fourth-order valence-electron chi connectivity index (χ4n) is 4.68. The van der Waals surface area contributed by atoms with E-state index in [1.54, 1.807) is 34.9 Å². The summed E-state index contributed by atoms with van der Waals surface area (Å²) in [5.41, 5.74) is 1.76. The van der Waals surface area contributed by atoms with Crippen LogP contribution in [0.3, 0.4) is 0 Å². The summed E-state index contributed by atoms with van der Waals surface area (Å²) in [6.45, 7) is 2.84. The normalized spacial score (nSPS) is 20.5. The van der Waals surface area contributed by atoms with Crippen LogP contribution in [-0.2, 0) is 11.2 Å². The Morgan fingerprint density at radius 2 is 2.03 bits per heavy atom. The smallest absolute Gasteiger partial charge is 0.261 e. The van der Waals surface area contributed by atoms with E-state index in [2.05, 4.69) is 22.8 Å². The molecule has 2 aromatic carbocycles. The number of hydrogen-bond donors (Lipinski definition) is 0. The molecule has 5 rings (SSSR count). The van der Waals surface area contributed by atoms with Crippen LogP contribution in [0.25, 0.3) is 10.9 Å². The molecule has 2 atom stereocenters. The molecule has 0 amide bonds. The average molecular weight is 442 g/mol. The highest BCUT2D eigenvalue weighted by molar-refractivity contribution is 5.79. The fourth-order valence-corrected chi connectivity index (χ4v) is 4.68. The topological polar surface area (TPSA) is 71.2 Å². The van der Waals surface area contributed by atoms with Gasteiger partial charge in [-0.05, 0) is 42.8 Å². The van der Waals surface area contributed by atoms with Gasteiger partial charge in [0.15, 0.2) is 0 Å². The largest absolute Gasteiger partial charge is 0.380 e. The Labute approximate surface area is 191 Å². The van der Waals surface area contributed by atoms with Crippen LogP contribution in [-0.4, -0.2) is 46.8 Å². The van der Waals surface area contributed by atoms with E-state index in [4.69, 9.17) is 9.72 Å². The first-order valence-corrected chi connectivity index (χ1v) is 11.1. The Morgan fingerprint density at radius 3 is 2.79 bits per heavy atom. The van der Waals surface area contributed by atoms with Gasteiger partial charge in [0.05, 0.1) is 36.0 Å². The van der Waals surface area contributed by atoms with Crippen molar-refractivity contribution in [2.24, 2.45) is 0 Å². The molecule has 0 saturated carbocycles. The van der Waals surface area contributed by atoms with Gasteiger partial charge < -0.3 is 4.74 Å². The van der Waals surface area contributed by atoms with Crippen LogP contribution in [0.1, 0.15) is 35.8 Å². The van der Waals surface area contributed by atoms with Crippen LogP contribution in [0.5, 0.6) is 0 Å². The van der Waals surface area contributed by atoms with Crippen LogP contribution in [0.15, 0.2) is 47.3 Å². The molecule has 0 aliphatic carbocycles. The summed E-state index contributed by atoms with van der Waals surface area (Å²) in [6, 6.07) is 13.8. The Morgan fingerprint density at radius 1 is 1.18 bits per heavy atom. The maximum absolute atomic E-state index is 13.5. The van der Waals surface area contributed by atoms with Crippen molar-refractivity contribution in [1.82, 2.24) is 14.5 Å². The van der Waals surface area contributed by atoms with E-state index in [0.29, 0.717) is 53.5 Å². The van der Waals surface area contributed by atoms with Crippen LogP contribution in [0.4, 0.5) is 4.39 Å². The molecule has 0 spiro atoms. The fraction of sp³-hybridized carbons (Fsp3) is 0.346. The van der Waals surface area contributed by atoms with Crippen molar-refractivity contribution in [2.45, 2.75) is 31.3 Å². The lowest BCUT2D eigenvalue weighted by atomic mass is 10.1. The van der Waals surface area contributed by atoms with Gasteiger partial charge in [-0.2, -0.15) is 5.26 Å². The van der Waals surface area contributed by atoms with Gasteiger partial charge in [-0.15, -0.1) is 0 Å². The predicted molar refractivity (Wildman–Crippen MR) is 122 cm³/mol. The summed E-state index contributed by atoms with van der Waals surface area (Å²) < 4.78 is 20.7. The summed E-state index contributed by atoms with van der Waals surface area (Å²) in [7, 11) is 0. The van der Waals surface area contributed by atoms with E-state index in [1.165, 1.54) is 12.1 Å². The number of aromatic nitrogens is 2. The van der Waals surface area contributed by atoms with Crippen LogP contribution >= 0.6 is 0 Å². The number of hydrogen-bond acceptors (Lipinski definition) is 5. The molecular formula is C26H23FN4O2. The number of benzene rings is 2. The molecule has 1 saturated heterocycles. The van der Waals surface area contributed by atoms with Crippen LogP contribution in [0, 0.1) is 29.0 Å². The molecule has 0 bridgehead atoms. The zero-order valence-corrected chi connectivity index (χ0v) is 18.1. The van der Waals surface area contributed by atoms with Gasteiger partial charge in [0.25, 0.3) is 5.56 Å². The second-order valence-electron chi connectivity index (χ2n) is 8.47. The molecule has 7 heteroatoms. The van der Waals surface area contributed by atoms with Gasteiger partial charge in [0, 0.05) is 43.3 Å². The molecule has 2 aliphatic heterocycles. The molecule has 1 fully saturated rings. The summed E-state index contributed by atoms with van der Waals surface area (Å²) in [4.78, 5) is 20.6. The summed E-state index contributed by atoms with van der Waals surface area (Å²) in [5.74, 6) is 6.36. The maximum Gasteiger partial charge on any atom is 0.261 e. The zero-order valence-electron chi connectivity index (χ0n) is 18.1. The van der Waals surface area contributed by atoms with E-state index in [0.717, 1.165) is 19.6 Å². The first-order valence-electron chi connectivity index (χ1n) is 11.1. The third-order valence-electron chi connectivity index (χ3n) is 6.33. The lowest BCUT2D eigenvalue weighted by Gasteiger charge is -2.28. The van der Waals surface area contributed by atoms with Gasteiger partial charge in [-0.25, -0.2) is 9.37 Å². The maximum atomic E-state index is 13.5. The number of nitrogens with zero attached hydrogens (tertiary/aromatic N) is 4. The summed E-state index contributed by atoms with van der Waals surface area (Å²) in [6.07, 6.45) is 1.84. The predicted octanol–water partition coefficient (Wildman–Crippen LogP) is 3.04. The molecule has 0 radical (unpaired) electrons. The van der Waals surface area contributed by atoms with Crippen molar-refractivity contribution in [3.05, 3.63) is 75.6 Å². The first-order chi connectivity index (χ1) is 16.1. The van der Waals surface area contributed by atoms with Crippen molar-refractivity contribution in [2.75, 3.05) is 26.3 Å². The van der Waals surface area contributed by atoms with Crippen LogP contribution in [0.2, 0.25) is 0 Å². The number of nitriles is 1. The molecule has 6 nitrogen and oxygen atoms in total. The third kappa shape index (κ3) is 4.39. The second-order valence-corrected chi connectivity index (χ2v) is 8.47. The molecule has 3 heterocycles. The number of fused-ring (bicyclic) bond motifs is 2. The minimum absolute atomic E-state index is 0.121. The van der Waals surface area contributed by atoms with E-state index in [1.807, 2.05) is 0 Å². The van der Waals surface area contributed by atoms with Gasteiger partial charge in [-0.1, -0.05) is 17.9 Å². The van der Waals surface area contributed by atoms with Crippen LogP contribution < -0.4 is 5.56 Å². The van der Waals surface area contributed by atoms with Crippen molar-refractivity contribution in [3.63, 3.8) is 0 Å². The molecule has 1 aromatic heterocycles. The molecule has 0 N–H and O–H groups in total. The standard InChI is InChI=1S/C26H23FN4O2/c27-20-3-1-2-18(14-20)4-5-19-6-7-23-24(15-19)29-25-9-12-30(22-10-13-33-17-22)16-21(8-11-28)31(25)26(23)32/h1-3,6-7,14-15,21-22H,8-10,12-13,16-17H2. The molecule has 3 aromatic rings. The molecule has 166 valence electrons. The molecule has 2 aliphatic rings. The van der Waals surface area contributed by atoms with Crippen molar-refractivity contribution in [1.29, 1.82) is 5.26 Å². The van der Waals surface area contributed by atoms with Crippen molar-refractivity contribution >= 4 is 10.9 Å². The molecule has 33 heavy (non-hydrogen) atoms. The highest BCUT2D eigenvalue weighted by Gasteiger charge is 2.31. The SMILES string of the molecule is N#CCC1CN(C2CCOC2)CCc2nc3cc(C#Cc4cccc(F)c4)ccc3c(=O)n21. The second kappa shape index (κ2) is 9.15. The lowest BCUT2D eigenvalue weighted by molar-refractivity contribution is 0.137. The van der Waals surface area contributed by atoms with Crippen molar-refractivity contribution in [3.8, 4) is 17.9 Å². The van der Waals surface area contributed by atoms with Gasteiger partial charge >= 0.3 is 0 Å². The van der Waals surface area contributed by atoms with E-state index >= 15 is 0 Å². The first kappa shape index (κ1) is 21.3. The number of rotatable bonds is 2. The van der Waals surface area contributed by atoms with Gasteiger partial charge in [0.1, 0.15) is 11.6 Å². The lowest BCUT2D eigenvalue weighted by Crippen LogP contribution is -2.40. The highest BCUT2D eigenvalue weighted by Crippen LogP contribution is 2.24. The Kier molecular flexibility index (Phi) is 5.92. The van der Waals surface area contributed by atoms with Gasteiger partial charge in [-0.3, -0.25) is 14.3 Å².